The van der Waals surface area contributed by atoms with Crippen LogP contribution in [0.4, 0.5) is 0 Å². The maximum atomic E-state index is 5.93. The smallest absolute Gasteiger partial charge is 0.0997 e. The van der Waals surface area contributed by atoms with Gasteiger partial charge in [-0.05, 0) is 17.6 Å². The third-order valence-electron chi connectivity index (χ3n) is 2.60. The molecule has 15 heavy (non-hydrogen) atoms. The molecule has 0 bridgehead atoms. The molecule has 2 rings (SSSR count). The van der Waals surface area contributed by atoms with Crippen LogP contribution in [0.2, 0.25) is 0 Å². The molecule has 1 atom stereocenters. The molecule has 2 N–H and O–H groups in total. The molecule has 0 amide bonds. The Morgan fingerprint density at radius 1 is 1.27 bits per heavy atom. The second-order valence-electron chi connectivity index (χ2n) is 3.75. The molecular weight excluding hydrogens is 182 g/mol. The Hall–Kier alpha value is -1.78. The highest BCUT2D eigenvalue weighted by Gasteiger charge is 2.19. The van der Waals surface area contributed by atoms with Crippen molar-refractivity contribution in [1.82, 2.24) is 0 Å². The van der Waals surface area contributed by atoms with E-state index in [4.69, 9.17) is 12.2 Å². The van der Waals surface area contributed by atoms with E-state index in [9.17, 15) is 0 Å². The van der Waals surface area contributed by atoms with Gasteiger partial charge in [-0.15, -0.1) is 6.42 Å². The van der Waals surface area contributed by atoms with Crippen LogP contribution in [0.25, 0.3) is 5.57 Å². The molecule has 0 aromatic heterocycles. The molecule has 74 valence electrons. The lowest BCUT2D eigenvalue weighted by molar-refractivity contribution is 0.687. The second-order valence-corrected chi connectivity index (χ2v) is 3.75. The van der Waals surface area contributed by atoms with Gasteiger partial charge in [0.2, 0.25) is 0 Å². The van der Waals surface area contributed by atoms with Crippen molar-refractivity contribution < 1.29 is 0 Å². The molecule has 1 aliphatic carbocycles. The number of rotatable bonds is 1. The fourth-order valence-electron chi connectivity index (χ4n) is 1.61. The molecular formula is C14H13N. The number of hydrogen-bond acceptors (Lipinski definition) is 1. The van der Waals surface area contributed by atoms with Gasteiger partial charge in [0, 0.05) is 0 Å². The summed E-state index contributed by atoms with van der Waals surface area (Å²) in [7, 11) is 0. The highest BCUT2D eigenvalue weighted by atomic mass is 14.7. The summed E-state index contributed by atoms with van der Waals surface area (Å²) >= 11 is 0. The van der Waals surface area contributed by atoms with Crippen molar-refractivity contribution >= 4 is 5.57 Å². The lowest BCUT2D eigenvalue weighted by Crippen LogP contribution is -2.36. The van der Waals surface area contributed by atoms with Crippen molar-refractivity contribution in [3.8, 4) is 12.3 Å². The average molecular weight is 195 g/mol. The van der Waals surface area contributed by atoms with Gasteiger partial charge in [-0.2, -0.15) is 0 Å². The molecule has 0 fully saturated rings. The Bertz CT molecular complexity index is 448. The Morgan fingerprint density at radius 2 is 2.00 bits per heavy atom. The van der Waals surface area contributed by atoms with Crippen molar-refractivity contribution in [2.75, 3.05) is 0 Å². The maximum Gasteiger partial charge on any atom is 0.0997 e. The van der Waals surface area contributed by atoms with E-state index in [1.54, 1.807) is 0 Å². The maximum absolute atomic E-state index is 5.93. The first kappa shape index (κ1) is 9.76. The molecule has 0 heterocycles. The van der Waals surface area contributed by atoms with Crippen LogP contribution in [0.3, 0.4) is 0 Å². The number of benzene rings is 1. The van der Waals surface area contributed by atoms with Gasteiger partial charge in [0.25, 0.3) is 0 Å². The molecule has 1 aromatic rings. The Kier molecular flexibility index (Phi) is 2.45. The highest BCUT2D eigenvalue weighted by molar-refractivity contribution is 5.75. The van der Waals surface area contributed by atoms with Crippen LogP contribution in [0, 0.1) is 12.3 Å². The fraction of sp³-hybridized carbons (Fsp3) is 0.143. The number of hydrogen-bond donors (Lipinski definition) is 1. The van der Waals surface area contributed by atoms with Crippen LogP contribution < -0.4 is 5.73 Å². The van der Waals surface area contributed by atoms with Gasteiger partial charge < -0.3 is 5.73 Å². The van der Waals surface area contributed by atoms with E-state index in [1.807, 2.05) is 30.4 Å². The van der Waals surface area contributed by atoms with Crippen molar-refractivity contribution in [3.05, 3.63) is 54.1 Å². The van der Waals surface area contributed by atoms with E-state index in [1.165, 1.54) is 11.1 Å². The van der Waals surface area contributed by atoms with Crippen molar-refractivity contribution in [2.24, 2.45) is 5.73 Å². The number of nitrogens with two attached hydrogens (primary N) is 1. The monoisotopic (exact) mass is 195 g/mol. The topological polar surface area (TPSA) is 26.0 Å². The lowest BCUT2D eigenvalue weighted by Gasteiger charge is -2.21. The number of terminal acetylenes is 1. The van der Waals surface area contributed by atoms with Crippen molar-refractivity contribution in [3.63, 3.8) is 0 Å². The Labute approximate surface area is 90.3 Å². The molecule has 0 saturated carbocycles. The van der Waals surface area contributed by atoms with Crippen LogP contribution >= 0.6 is 0 Å². The van der Waals surface area contributed by atoms with Gasteiger partial charge >= 0.3 is 0 Å². The standard InChI is InChI=1S/C14H13N/c1-2-14(15)10-8-13(9-11-14)12-6-4-3-5-7-12/h1,3-10H,11,15H2. The van der Waals surface area contributed by atoms with E-state index >= 15 is 0 Å². The van der Waals surface area contributed by atoms with E-state index in [2.05, 4.69) is 24.1 Å². The van der Waals surface area contributed by atoms with Gasteiger partial charge in [-0.1, -0.05) is 54.5 Å². The molecule has 0 radical (unpaired) electrons. The third kappa shape index (κ3) is 2.01. The van der Waals surface area contributed by atoms with Gasteiger partial charge in [0.15, 0.2) is 0 Å². The van der Waals surface area contributed by atoms with Crippen LogP contribution in [-0.2, 0) is 0 Å². The highest BCUT2D eigenvalue weighted by Crippen LogP contribution is 2.24. The molecule has 0 spiro atoms. The molecule has 0 aliphatic heterocycles. The SMILES string of the molecule is C#CC1(N)C=CC(c2ccccc2)=CC1. The summed E-state index contributed by atoms with van der Waals surface area (Å²) in [6, 6.07) is 10.2. The quantitative estimate of drug-likeness (QED) is 0.684. The summed E-state index contributed by atoms with van der Waals surface area (Å²) < 4.78 is 0. The molecule has 1 aromatic carbocycles. The van der Waals surface area contributed by atoms with Crippen LogP contribution in [0.5, 0.6) is 0 Å². The summed E-state index contributed by atoms with van der Waals surface area (Å²) in [5.41, 5.74) is 7.72. The fourth-order valence-corrected chi connectivity index (χ4v) is 1.61. The predicted octanol–water partition coefficient (Wildman–Crippen LogP) is 2.36. The first-order valence-electron chi connectivity index (χ1n) is 4.95. The van der Waals surface area contributed by atoms with Gasteiger partial charge in [-0.3, -0.25) is 0 Å². The second kappa shape index (κ2) is 3.76. The molecule has 1 unspecified atom stereocenters. The minimum absolute atomic E-state index is 0.599. The minimum Gasteiger partial charge on any atom is -0.312 e. The summed E-state index contributed by atoms with van der Waals surface area (Å²) in [6.45, 7) is 0. The van der Waals surface area contributed by atoms with E-state index in [-0.39, 0.29) is 0 Å². The minimum atomic E-state index is -0.599. The largest absolute Gasteiger partial charge is 0.312 e. The normalized spacial score (nSPS) is 24.4. The lowest BCUT2D eigenvalue weighted by atomic mass is 9.88. The molecule has 0 saturated heterocycles. The molecule has 1 aliphatic rings. The first-order valence-corrected chi connectivity index (χ1v) is 4.95. The summed E-state index contributed by atoms with van der Waals surface area (Å²) in [6.07, 6.45) is 12.1. The molecule has 1 heteroatoms. The van der Waals surface area contributed by atoms with Crippen molar-refractivity contribution in [2.45, 2.75) is 12.0 Å². The Morgan fingerprint density at radius 3 is 2.53 bits per heavy atom. The number of allylic oxidation sites excluding steroid dienone is 2. The van der Waals surface area contributed by atoms with Crippen molar-refractivity contribution in [1.29, 1.82) is 0 Å². The van der Waals surface area contributed by atoms with E-state index < -0.39 is 5.54 Å². The average Bonchev–Trinajstić information content (AvgIpc) is 2.31. The predicted molar refractivity (Wildman–Crippen MR) is 63.9 cm³/mol. The van der Waals surface area contributed by atoms with Crippen LogP contribution in [-0.4, -0.2) is 5.54 Å². The first-order chi connectivity index (χ1) is 7.23. The van der Waals surface area contributed by atoms with E-state index in [0.717, 1.165) is 0 Å². The summed E-state index contributed by atoms with van der Waals surface area (Å²) in [4.78, 5) is 0. The summed E-state index contributed by atoms with van der Waals surface area (Å²) in [5, 5.41) is 0. The zero-order chi connectivity index (χ0) is 10.7. The third-order valence-corrected chi connectivity index (χ3v) is 2.60. The zero-order valence-electron chi connectivity index (χ0n) is 8.48. The summed E-state index contributed by atoms with van der Waals surface area (Å²) in [5.74, 6) is 2.60. The van der Waals surface area contributed by atoms with Gasteiger partial charge in [0.05, 0.1) is 5.54 Å². The van der Waals surface area contributed by atoms with Gasteiger partial charge in [0.1, 0.15) is 0 Å². The van der Waals surface area contributed by atoms with E-state index in [0.29, 0.717) is 6.42 Å². The zero-order valence-corrected chi connectivity index (χ0v) is 8.48. The van der Waals surface area contributed by atoms with Crippen LogP contribution in [0.1, 0.15) is 12.0 Å². The molecule has 1 nitrogen and oxygen atoms in total. The van der Waals surface area contributed by atoms with Gasteiger partial charge in [-0.25, -0.2) is 0 Å². The van der Waals surface area contributed by atoms with Crippen LogP contribution in [0.15, 0.2) is 48.6 Å². The Balaban J connectivity index is 2.25.